The zero-order valence-electron chi connectivity index (χ0n) is 12.2. The smallest absolute Gasteiger partial charge is 0.126 e. The summed E-state index contributed by atoms with van der Waals surface area (Å²) in [6, 6.07) is 11.8. The second kappa shape index (κ2) is 7.57. The molecule has 0 aromatic heterocycles. The fourth-order valence-corrected chi connectivity index (χ4v) is 3.29. The summed E-state index contributed by atoms with van der Waals surface area (Å²) in [5, 5.41) is 3.28. The summed E-state index contributed by atoms with van der Waals surface area (Å²) in [4.78, 5) is 1.16. The van der Waals surface area contributed by atoms with Gasteiger partial charge in [-0.15, -0.1) is 11.8 Å². The van der Waals surface area contributed by atoms with Gasteiger partial charge in [-0.05, 0) is 43.3 Å². The maximum Gasteiger partial charge on any atom is 0.126 e. The minimum absolute atomic E-state index is 0.0780. The molecule has 1 unspecified atom stereocenters. The highest BCUT2D eigenvalue weighted by molar-refractivity contribution is 7.99. The molecule has 0 fully saturated rings. The summed E-state index contributed by atoms with van der Waals surface area (Å²) < 4.78 is 26.7. The molecule has 1 N–H and O–H groups in total. The van der Waals surface area contributed by atoms with Crippen molar-refractivity contribution in [3.05, 3.63) is 65.2 Å². The predicted molar refractivity (Wildman–Crippen MR) is 84.7 cm³/mol. The maximum atomic E-state index is 13.4. The van der Waals surface area contributed by atoms with E-state index in [9.17, 15) is 8.78 Å². The van der Waals surface area contributed by atoms with Gasteiger partial charge in [0.1, 0.15) is 11.6 Å². The Labute approximate surface area is 128 Å². The third-order valence-electron chi connectivity index (χ3n) is 3.14. The number of halogens is 2. The van der Waals surface area contributed by atoms with Crippen molar-refractivity contribution in [2.45, 2.75) is 24.8 Å². The lowest BCUT2D eigenvalue weighted by molar-refractivity contribution is 0.558. The van der Waals surface area contributed by atoms with E-state index < -0.39 is 11.6 Å². The third kappa shape index (κ3) is 4.83. The first-order valence-electron chi connectivity index (χ1n) is 6.97. The molecule has 0 aliphatic heterocycles. The first kappa shape index (κ1) is 16.0. The van der Waals surface area contributed by atoms with Crippen LogP contribution in [0.25, 0.3) is 0 Å². The molecule has 0 aliphatic rings. The number of rotatable bonds is 6. The van der Waals surface area contributed by atoms with Gasteiger partial charge in [-0.1, -0.05) is 24.6 Å². The van der Waals surface area contributed by atoms with E-state index >= 15 is 0 Å². The zero-order valence-corrected chi connectivity index (χ0v) is 13.0. The van der Waals surface area contributed by atoms with Crippen LogP contribution >= 0.6 is 11.8 Å². The lowest BCUT2D eigenvalue weighted by atomic mass is 10.1. The first-order valence-corrected chi connectivity index (χ1v) is 7.96. The van der Waals surface area contributed by atoms with E-state index in [1.54, 1.807) is 11.8 Å². The van der Waals surface area contributed by atoms with Crippen LogP contribution in [0.3, 0.4) is 0 Å². The van der Waals surface area contributed by atoms with E-state index in [-0.39, 0.29) is 6.04 Å². The highest BCUT2D eigenvalue weighted by Crippen LogP contribution is 2.26. The third-order valence-corrected chi connectivity index (χ3v) is 4.23. The number of benzene rings is 2. The van der Waals surface area contributed by atoms with Crippen molar-refractivity contribution >= 4 is 11.8 Å². The topological polar surface area (TPSA) is 12.0 Å². The Bertz CT molecular complexity index is 581. The van der Waals surface area contributed by atoms with Gasteiger partial charge in [-0.25, -0.2) is 8.78 Å². The van der Waals surface area contributed by atoms with Crippen molar-refractivity contribution in [3.63, 3.8) is 0 Å². The normalized spacial score (nSPS) is 12.4. The molecule has 0 spiro atoms. The average molecular weight is 307 g/mol. The fraction of sp³-hybridized carbons (Fsp3) is 0.294. The van der Waals surface area contributed by atoms with E-state index in [0.29, 0.717) is 5.56 Å². The van der Waals surface area contributed by atoms with Crippen LogP contribution in [-0.4, -0.2) is 12.3 Å². The molecule has 0 saturated heterocycles. The number of thioether (sulfide) groups is 1. The second-order valence-corrected chi connectivity index (χ2v) is 6.03. The van der Waals surface area contributed by atoms with Crippen LogP contribution in [0.5, 0.6) is 0 Å². The summed E-state index contributed by atoms with van der Waals surface area (Å²) in [6.07, 6.45) is 0. The van der Waals surface area contributed by atoms with Crippen LogP contribution in [0.4, 0.5) is 8.78 Å². The molecule has 0 amide bonds. The SMILES string of the molecule is CCNC(CSc1cccc(C)c1)c1cc(F)cc(F)c1. The van der Waals surface area contributed by atoms with Crippen molar-refractivity contribution in [1.82, 2.24) is 5.32 Å². The van der Waals surface area contributed by atoms with Crippen molar-refractivity contribution < 1.29 is 8.78 Å². The van der Waals surface area contributed by atoms with Crippen molar-refractivity contribution in [2.75, 3.05) is 12.3 Å². The molecule has 4 heteroatoms. The highest BCUT2D eigenvalue weighted by atomic mass is 32.2. The Kier molecular flexibility index (Phi) is 5.76. The molecule has 0 radical (unpaired) electrons. The Morgan fingerprint density at radius 2 is 1.81 bits per heavy atom. The van der Waals surface area contributed by atoms with Gasteiger partial charge in [0, 0.05) is 22.8 Å². The minimum Gasteiger partial charge on any atom is -0.309 e. The minimum atomic E-state index is -0.534. The number of aryl methyl sites for hydroxylation is 1. The van der Waals surface area contributed by atoms with Crippen LogP contribution in [0.1, 0.15) is 24.1 Å². The Morgan fingerprint density at radius 1 is 1.10 bits per heavy atom. The van der Waals surface area contributed by atoms with Gasteiger partial charge in [0.2, 0.25) is 0 Å². The summed E-state index contributed by atoms with van der Waals surface area (Å²) in [5.41, 5.74) is 1.85. The maximum absolute atomic E-state index is 13.4. The average Bonchev–Trinajstić information content (AvgIpc) is 2.42. The van der Waals surface area contributed by atoms with Crippen LogP contribution in [0, 0.1) is 18.6 Å². The van der Waals surface area contributed by atoms with Crippen LogP contribution in [0.15, 0.2) is 47.4 Å². The second-order valence-electron chi connectivity index (χ2n) is 4.94. The van der Waals surface area contributed by atoms with E-state index in [2.05, 4.69) is 11.4 Å². The van der Waals surface area contributed by atoms with E-state index in [1.807, 2.05) is 32.0 Å². The van der Waals surface area contributed by atoms with Gasteiger partial charge < -0.3 is 5.32 Å². The molecule has 1 nitrogen and oxygen atoms in total. The number of hydrogen-bond donors (Lipinski definition) is 1. The molecule has 1 atom stereocenters. The largest absolute Gasteiger partial charge is 0.309 e. The Balaban J connectivity index is 2.11. The molecule has 0 heterocycles. The number of nitrogens with one attached hydrogen (secondary N) is 1. The van der Waals surface area contributed by atoms with Crippen molar-refractivity contribution in [1.29, 1.82) is 0 Å². The van der Waals surface area contributed by atoms with Crippen LogP contribution in [-0.2, 0) is 0 Å². The Morgan fingerprint density at radius 3 is 2.43 bits per heavy atom. The van der Waals surface area contributed by atoms with Gasteiger partial charge >= 0.3 is 0 Å². The van der Waals surface area contributed by atoms with E-state index in [1.165, 1.54) is 17.7 Å². The lowest BCUT2D eigenvalue weighted by Gasteiger charge is -2.18. The summed E-state index contributed by atoms with van der Waals surface area (Å²) in [5.74, 6) is -0.345. The molecular weight excluding hydrogens is 288 g/mol. The molecule has 0 aliphatic carbocycles. The van der Waals surface area contributed by atoms with Crippen LogP contribution < -0.4 is 5.32 Å². The number of hydrogen-bond acceptors (Lipinski definition) is 2. The lowest BCUT2D eigenvalue weighted by Crippen LogP contribution is -2.23. The van der Waals surface area contributed by atoms with E-state index in [4.69, 9.17) is 0 Å². The molecule has 2 aromatic rings. The van der Waals surface area contributed by atoms with Crippen molar-refractivity contribution in [2.24, 2.45) is 0 Å². The highest BCUT2D eigenvalue weighted by Gasteiger charge is 2.13. The summed E-state index contributed by atoms with van der Waals surface area (Å²) >= 11 is 1.68. The molecule has 0 bridgehead atoms. The molecule has 21 heavy (non-hydrogen) atoms. The predicted octanol–water partition coefficient (Wildman–Crippen LogP) is 4.72. The monoisotopic (exact) mass is 307 g/mol. The summed E-state index contributed by atoms with van der Waals surface area (Å²) in [7, 11) is 0. The Hall–Kier alpha value is -1.39. The molecule has 112 valence electrons. The van der Waals surface area contributed by atoms with Crippen molar-refractivity contribution in [3.8, 4) is 0 Å². The molecule has 2 rings (SSSR count). The summed E-state index contributed by atoms with van der Waals surface area (Å²) in [6.45, 7) is 4.78. The van der Waals surface area contributed by atoms with E-state index in [0.717, 1.165) is 23.3 Å². The zero-order chi connectivity index (χ0) is 15.2. The van der Waals surface area contributed by atoms with Gasteiger partial charge in [0.15, 0.2) is 0 Å². The van der Waals surface area contributed by atoms with Crippen LogP contribution in [0.2, 0.25) is 0 Å². The van der Waals surface area contributed by atoms with Gasteiger partial charge in [-0.2, -0.15) is 0 Å². The molecular formula is C17H19F2NS. The fourth-order valence-electron chi connectivity index (χ4n) is 2.18. The molecule has 0 saturated carbocycles. The first-order chi connectivity index (χ1) is 10.1. The quantitative estimate of drug-likeness (QED) is 0.775. The van der Waals surface area contributed by atoms with Gasteiger partial charge in [0.25, 0.3) is 0 Å². The van der Waals surface area contributed by atoms with Gasteiger partial charge in [-0.3, -0.25) is 0 Å². The molecule has 2 aromatic carbocycles. The standard InChI is InChI=1S/C17H19F2NS/c1-3-20-17(13-8-14(18)10-15(19)9-13)11-21-16-6-4-5-12(2)7-16/h4-10,17,20H,3,11H2,1-2H3. The van der Waals surface area contributed by atoms with Gasteiger partial charge in [0.05, 0.1) is 0 Å².